The first kappa shape index (κ1) is 16.5. The fourth-order valence-electron chi connectivity index (χ4n) is 1.71. The summed E-state index contributed by atoms with van der Waals surface area (Å²) < 4.78 is 9.97. The zero-order chi connectivity index (χ0) is 15.7. The van der Waals surface area contributed by atoms with Gasteiger partial charge in [0.2, 0.25) is 4.91 Å². The van der Waals surface area contributed by atoms with E-state index >= 15 is 0 Å². The molecule has 112 valence electrons. The van der Waals surface area contributed by atoms with Gasteiger partial charge in [-0.15, -0.1) is 0 Å². The zero-order valence-electron chi connectivity index (χ0n) is 12.0. The smallest absolute Gasteiger partial charge is 0.343 e. The van der Waals surface area contributed by atoms with Gasteiger partial charge in [-0.05, 0) is 19.4 Å². The number of esters is 2. The first-order valence-corrected chi connectivity index (χ1v) is 6.64. The van der Waals surface area contributed by atoms with Crippen LogP contribution in [-0.4, -0.2) is 25.2 Å². The minimum atomic E-state index is -1.15. The monoisotopic (exact) mass is 292 g/mol. The molecule has 0 saturated heterocycles. The second-order valence-corrected chi connectivity index (χ2v) is 4.09. The SMILES string of the molecule is CCCOC(=O)c1ccccc1C(N=[N+]=N)C(=O)OCC. The Morgan fingerprint density at radius 1 is 1.29 bits per heavy atom. The van der Waals surface area contributed by atoms with Crippen LogP contribution in [0.25, 0.3) is 0 Å². The van der Waals surface area contributed by atoms with E-state index < -0.39 is 18.0 Å². The van der Waals surface area contributed by atoms with E-state index in [0.717, 1.165) is 0 Å². The van der Waals surface area contributed by atoms with Crippen molar-refractivity contribution in [3.8, 4) is 0 Å². The van der Waals surface area contributed by atoms with Gasteiger partial charge in [-0.1, -0.05) is 25.1 Å². The van der Waals surface area contributed by atoms with Crippen LogP contribution in [0.2, 0.25) is 0 Å². The lowest BCUT2D eigenvalue weighted by Gasteiger charge is -2.11. The average molecular weight is 292 g/mol. The van der Waals surface area contributed by atoms with Gasteiger partial charge in [0.15, 0.2) is 0 Å². The van der Waals surface area contributed by atoms with Crippen LogP contribution in [0.3, 0.4) is 0 Å². The third-order valence-corrected chi connectivity index (χ3v) is 2.60. The van der Waals surface area contributed by atoms with Crippen LogP contribution in [0.4, 0.5) is 0 Å². The van der Waals surface area contributed by atoms with Crippen molar-refractivity contribution in [3.63, 3.8) is 0 Å². The molecule has 0 bridgehead atoms. The third-order valence-electron chi connectivity index (χ3n) is 2.60. The summed E-state index contributed by atoms with van der Waals surface area (Å²) in [5, 5.41) is 3.55. The number of nitrogens with one attached hydrogen (secondary N) is 1. The summed E-state index contributed by atoms with van der Waals surface area (Å²) in [6, 6.07) is 5.29. The Kier molecular flexibility index (Phi) is 6.77. The summed E-state index contributed by atoms with van der Waals surface area (Å²) >= 11 is 0. The molecule has 0 aliphatic carbocycles. The van der Waals surface area contributed by atoms with E-state index in [1.165, 1.54) is 0 Å². The maximum Gasteiger partial charge on any atom is 0.343 e. The summed E-state index contributed by atoms with van der Waals surface area (Å²) in [6.45, 7) is 4.01. The predicted octanol–water partition coefficient (Wildman–Crippen LogP) is 2.41. The molecule has 0 amide bonds. The molecule has 7 nitrogen and oxygen atoms in total. The molecule has 1 rings (SSSR count). The van der Waals surface area contributed by atoms with Crippen molar-refractivity contribution in [2.45, 2.75) is 26.3 Å². The van der Waals surface area contributed by atoms with Crippen molar-refractivity contribution >= 4 is 11.9 Å². The van der Waals surface area contributed by atoms with Crippen molar-refractivity contribution in [1.29, 1.82) is 5.53 Å². The van der Waals surface area contributed by atoms with E-state index in [0.29, 0.717) is 12.0 Å². The fraction of sp³-hybridized carbons (Fsp3) is 0.429. The lowest BCUT2D eigenvalue weighted by molar-refractivity contribution is -0.144. The highest BCUT2D eigenvalue weighted by Crippen LogP contribution is 2.23. The molecular weight excluding hydrogens is 274 g/mol. The van der Waals surface area contributed by atoms with Crippen LogP contribution in [0.1, 0.15) is 42.2 Å². The van der Waals surface area contributed by atoms with Gasteiger partial charge in [-0.3, -0.25) is 0 Å². The molecule has 1 aromatic carbocycles. The first-order chi connectivity index (χ1) is 10.2. The summed E-state index contributed by atoms with van der Waals surface area (Å²) in [7, 11) is 0. The Balaban J connectivity index is 3.16. The third kappa shape index (κ3) is 4.50. The molecule has 1 atom stereocenters. The van der Waals surface area contributed by atoms with E-state index in [9.17, 15) is 9.59 Å². The zero-order valence-corrected chi connectivity index (χ0v) is 12.0. The molecule has 1 N–H and O–H groups in total. The number of rotatable bonds is 7. The highest BCUT2D eigenvalue weighted by atomic mass is 16.5. The van der Waals surface area contributed by atoms with Crippen molar-refractivity contribution in [3.05, 3.63) is 35.4 Å². The van der Waals surface area contributed by atoms with E-state index in [1.54, 1.807) is 31.2 Å². The molecular formula is C14H18N3O4+. The fourth-order valence-corrected chi connectivity index (χ4v) is 1.71. The van der Waals surface area contributed by atoms with Gasteiger partial charge >= 0.3 is 11.9 Å². The Morgan fingerprint density at radius 3 is 2.62 bits per heavy atom. The number of carbonyl (C=O) groups is 2. The van der Waals surface area contributed by atoms with E-state index in [1.807, 2.05) is 6.92 Å². The maximum absolute atomic E-state index is 12.0. The van der Waals surface area contributed by atoms with Crippen LogP contribution in [0, 0.1) is 5.53 Å². The molecule has 1 aromatic rings. The summed E-state index contributed by atoms with van der Waals surface area (Å²) in [4.78, 5) is 26.8. The Morgan fingerprint density at radius 2 is 2.00 bits per heavy atom. The standard InChI is InChI=1S/C14H18N3O4/c1-3-9-21-13(18)11-8-6-5-7-10(11)12(16-17-15)14(19)20-4-2/h5-8,12,15H,3-4,9H2,1-2H3/q+1. The molecule has 0 spiro atoms. The molecule has 0 radical (unpaired) electrons. The molecule has 0 heterocycles. The number of ether oxygens (including phenoxy) is 2. The van der Waals surface area contributed by atoms with Gasteiger partial charge in [0.25, 0.3) is 6.04 Å². The Bertz CT molecular complexity index is 553. The van der Waals surface area contributed by atoms with E-state index in [4.69, 9.17) is 15.0 Å². The van der Waals surface area contributed by atoms with Gasteiger partial charge in [-0.25, -0.2) is 9.59 Å². The largest absolute Gasteiger partial charge is 0.464 e. The molecule has 7 heteroatoms. The normalized spacial score (nSPS) is 11.1. The highest BCUT2D eigenvalue weighted by Gasteiger charge is 2.31. The summed E-state index contributed by atoms with van der Waals surface area (Å²) in [5.41, 5.74) is 7.36. The number of hydrogen-bond donors (Lipinski definition) is 1. The molecule has 0 fully saturated rings. The maximum atomic E-state index is 12.0. The number of hydrogen-bond acceptors (Lipinski definition) is 6. The topological polar surface area (TPSA) is 103 Å². The first-order valence-electron chi connectivity index (χ1n) is 6.64. The Hall–Kier alpha value is -2.53. The van der Waals surface area contributed by atoms with E-state index in [2.05, 4.69) is 10.0 Å². The molecule has 0 aliphatic heterocycles. The number of nitrogens with zero attached hydrogens (tertiary/aromatic N) is 2. The van der Waals surface area contributed by atoms with Gasteiger partial charge < -0.3 is 9.47 Å². The van der Waals surface area contributed by atoms with Gasteiger partial charge in [0, 0.05) is 5.56 Å². The minimum Gasteiger partial charge on any atom is -0.464 e. The highest BCUT2D eigenvalue weighted by molar-refractivity contribution is 5.93. The van der Waals surface area contributed by atoms with E-state index in [-0.39, 0.29) is 18.8 Å². The van der Waals surface area contributed by atoms with Crippen molar-refractivity contribution in [2.24, 2.45) is 5.11 Å². The van der Waals surface area contributed by atoms with Crippen LogP contribution >= 0.6 is 0 Å². The lowest BCUT2D eigenvalue weighted by Crippen LogP contribution is -2.18. The quantitative estimate of drug-likeness (QED) is 0.473. The number of benzene rings is 1. The molecule has 0 aromatic heterocycles. The van der Waals surface area contributed by atoms with Crippen LogP contribution in [-0.2, 0) is 14.3 Å². The molecule has 21 heavy (non-hydrogen) atoms. The summed E-state index contributed by atoms with van der Waals surface area (Å²) in [5.74, 6) is -1.20. The second kappa shape index (κ2) is 8.60. The minimum absolute atomic E-state index is 0.172. The van der Waals surface area contributed by atoms with Gasteiger partial charge in [-0.2, -0.15) is 0 Å². The van der Waals surface area contributed by atoms with Crippen LogP contribution in [0.5, 0.6) is 0 Å². The van der Waals surface area contributed by atoms with Crippen molar-refractivity contribution < 1.29 is 19.1 Å². The Labute approximate surface area is 122 Å². The second-order valence-electron chi connectivity index (χ2n) is 4.09. The molecule has 1 unspecified atom stereocenters. The number of carbonyl (C=O) groups excluding carboxylic acids is 2. The average Bonchev–Trinajstić information content (AvgIpc) is 2.50. The lowest BCUT2D eigenvalue weighted by atomic mass is 10.0. The van der Waals surface area contributed by atoms with Crippen molar-refractivity contribution in [2.75, 3.05) is 13.2 Å². The van der Waals surface area contributed by atoms with Crippen LogP contribution < -0.4 is 4.91 Å². The van der Waals surface area contributed by atoms with Crippen LogP contribution in [0.15, 0.2) is 29.4 Å². The molecule has 0 saturated carbocycles. The molecule has 0 aliphatic rings. The van der Waals surface area contributed by atoms with Gasteiger partial charge in [0.05, 0.1) is 18.8 Å². The van der Waals surface area contributed by atoms with Gasteiger partial charge in [0.1, 0.15) is 10.6 Å². The summed E-state index contributed by atoms with van der Waals surface area (Å²) in [6.07, 6.45) is 0.696. The predicted molar refractivity (Wildman–Crippen MR) is 73.7 cm³/mol. The van der Waals surface area contributed by atoms with Crippen molar-refractivity contribution in [1.82, 2.24) is 4.91 Å².